The summed E-state index contributed by atoms with van der Waals surface area (Å²) in [5.41, 5.74) is -0.274. The Morgan fingerprint density at radius 3 is 2.70 bits per heavy atom. The van der Waals surface area contributed by atoms with Gasteiger partial charge in [-0.15, -0.1) is 0 Å². The molecule has 0 spiro atoms. The molecule has 1 rings (SSSR count). The van der Waals surface area contributed by atoms with Crippen LogP contribution in [0.3, 0.4) is 0 Å². The first-order valence-electron chi connectivity index (χ1n) is 5.82. The zero-order valence-corrected chi connectivity index (χ0v) is 12.7. The van der Waals surface area contributed by atoms with E-state index in [0.29, 0.717) is 6.42 Å². The van der Waals surface area contributed by atoms with E-state index in [1.807, 2.05) is 6.26 Å². The number of carboxylic acids is 1. The van der Waals surface area contributed by atoms with Gasteiger partial charge in [0.05, 0.1) is 5.56 Å². The van der Waals surface area contributed by atoms with Crippen LogP contribution in [0.5, 0.6) is 0 Å². The lowest BCUT2D eigenvalue weighted by atomic mass is 10.2. The number of aromatic carboxylic acids is 1. The predicted molar refractivity (Wildman–Crippen MR) is 76.1 cm³/mol. The average molecular weight is 321 g/mol. The number of hydrogen-bond acceptors (Lipinski definition) is 4. The molecule has 0 aliphatic heterocycles. The van der Waals surface area contributed by atoms with Crippen LogP contribution in [-0.2, 0) is 10.0 Å². The van der Waals surface area contributed by atoms with Gasteiger partial charge in [-0.1, -0.05) is 0 Å². The van der Waals surface area contributed by atoms with Crippen LogP contribution in [0, 0.1) is 5.82 Å². The first kappa shape index (κ1) is 16.9. The second-order valence-corrected chi connectivity index (χ2v) is 6.92. The SMILES string of the molecule is CSCCC(C)NS(=O)(=O)c1cc(C(=O)O)ccc1F. The summed E-state index contributed by atoms with van der Waals surface area (Å²) < 4.78 is 40.1. The van der Waals surface area contributed by atoms with Gasteiger partial charge in [0.1, 0.15) is 10.7 Å². The van der Waals surface area contributed by atoms with E-state index in [0.717, 1.165) is 24.0 Å². The van der Waals surface area contributed by atoms with Gasteiger partial charge in [0.15, 0.2) is 0 Å². The Morgan fingerprint density at radius 1 is 1.50 bits per heavy atom. The average Bonchev–Trinajstić information content (AvgIpc) is 2.35. The zero-order chi connectivity index (χ0) is 15.3. The van der Waals surface area contributed by atoms with Crippen molar-refractivity contribution in [1.29, 1.82) is 0 Å². The summed E-state index contributed by atoms with van der Waals surface area (Å²) in [7, 11) is -4.07. The van der Waals surface area contributed by atoms with E-state index >= 15 is 0 Å². The van der Waals surface area contributed by atoms with Gasteiger partial charge in [-0.25, -0.2) is 22.3 Å². The molecule has 8 heteroatoms. The molecule has 20 heavy (non-hydrogen) atoms. The maximum Gasteiger partial charge on any atom is 0.335 e. The van der Waals surface area contributed by atoms with Crippen molar-refractivity contribution in [2.24, 2.45) is 0 Å². The highest BCUT2D eigenvalue weighted by Gasteiger charge is 2.22. The molecular weight excluding hydrogens is 305 g/mol. The minimum atomic E-state index is -4.07. The van der Waals surface area contributed by atoms with E-state index in [1.165, 1.54) is 0 Å². The second-order valence-electron chi connectivity index (χ2n) is 4.25. The molecule has 0 amide bonds. The first-order valence-corrected chi connectivity index (χ1v) is 8.69. The topological polar surface area (TPSA) is 83.5 Å². The number of thioether (sulfide) groups is 1. The van der Waals surface area contributed by atoms with Crippen molar-refractivity contribution in [3.8, 4) is 0 Å². The Balaban J connectivity index is 3.03. The minimum Gasteiger partial charge on any atom is -0.478 e. The molecule has 0 aliphatic rings. The maximum absolute atomic E-state index is 13.6. The van der Waals surface area contributed by atoms with Crippen LogP contribution in [0.1, 0.15) is 23.7 Å². The van der Waals surface area contributed by atoms with Crippen molar-refractivity contribution in [1.82, 2.24) is 4.72 Å². The quantitative estimate of drug-likeness (QED) is 0.802. The number of rotatable bonds is 7. The molecule has 2 N–H and O–H groups in total. The van der Waals surface area contributed by atoms with Gasteiger partial charge in [0.2, 0.25) is 10.0 Å². The number of benzene rings is 1. The molecule has 0 fully saturated rings. The van der Waals surface area contributed by atoms with Crippen molar-refractivity contribution in [3.63, 3.8) is 0 Å². The van der Waals surface area contributed by atoms with Gasteiger partial charge >= 0.3 is 5.97 Å². The Bertz CT molecular complexity index is 589. The molecule has 0 saturated carbocycles. The fraction of sp³-hybridized carbons (Fsp3) is 0.417. The highest BCUT2D eigenvalue weighted by Crippen LogP contribution is 2.17. The van der Waals surface area contributed by atoms with Crippen molar-refractivity contribution in [3.05, 3.63) is 29.6 Å². The van der Waals surface area contributed by atoms with Gasteiger partial charge in [-0.2, -0.15) is 11.8 Å². The normalized spacial score (nSPS) is 13.2. The van der Waals surface area contributed by atoms with Crippen LogP contribution in [0.15, 0.2) is 23.1 Å². The van der Waals surface area contributed by atoms with Crippen molar-refractivity contribution in [2.75, 3.05) is 12.0 Å². The van der Waals surface area contributed by atoms with Crippen LogP contribution < -0.4 is 4.72 Å². The lowest BCUT2D eigenvalue weighted by molar-refractivity contribution is 0.0696. The van der Waals surface area contributed by atoms with Gasteiger partial charge in [-0.3, -0.25) is 0 Å². The van der Waals surface area contributed by atoms with E-state index < -0.39 is 26.7 Å². The number of carboxylic acid groups (broad SMARTS) is 1. The van der Waals surface area contributed by atoms with Crippen LogP contribution in [0.4, 0.5) is 4.39 Å². The van der Waals surface area contributed by atoms with Crippen LogP contribution >= 0.6 is 11.8 Å². The first-order chi connectivity index (χ1) is 9.27. The summed E-state index contributed by atoms with van der Waals surface area (Å²) in [6.07, 6.45) is 2.50. The largest absolute Gasteiger partial charge is 0.478 e. The van der Waals surface area contributed by atoms with E-state index in [1.54, 1.807) is 18.7 Å². The van der Waals surface area contributed by atoms with Crippen LogP contribution in [0.2, 0.25) is 0 Å². The number of halogens is 1. The summed E-state index contributed by atoms with van der Waals surface area (Å²) >= 11 is 1.57. The van der Waals surface area contributed by atoms with Gasteiger partial charge in [0.25, 0.3) is 0 Å². The van der Waals surface area contributed by atoms with E-state index in [-0.39, 0.29) is 11.6 Å². The third-order valence-electron chi connectivity index (χ3n) is 2.58. The molecule has 1 aromatic rings. The Hall–Kier alpha value is -1.12. The molecule has 0 aliphatic carbocycles. The van der Waals surface area contributed by atoms with Crippen molar-refractivity contribution >= 4 is 27.8 Å². The van der Waals surface area contributed by atoms with E-state index in [4.69, 9.17) is 5.11 Å². The fourth-order valence-corrected chi connectivity index (χ4v) is 3.49. The number of sulfonamides is 1. The lowest BCUT2D eigenvalue weighted by Gasteiger charge is -2.14. The summed E-state index contributed by atoms with van der Waals surface area (Å²) in [6.45, 7) is 1.67. The zero-order valence-electron chi connectivity index (χ0n) is 11.1. The Morgan fingerprint density at radius 2 is 2.15 bits per heavy atom. The van der Waals surface area contributed by atoms with Gasteiger partial charge < -0.3 is 5.11 Å². The summed E-state index contributed by atoms with van der Waals surface area (Å²) in [4.78, 5) is 10.2. The molecule has 0 bridgehead atoms. The molecule has 0 saturated heterocycles. The molecule has 1 atom stereocenters. The van der Waals surface area contributed by atoms with E-state index in [2.05, 4.69) is 4.72 Å². The summed E-state index contributed by atoms with van der Waals surface area (Å²) in [6, 6.07) is 2.32. The van der Waals surface area contributed by atoms with Gasteiger partial charge in [0, 0.05) is 6.04 Å². The highest BCUT2D eigenvalue weighted by atomic mass is 32.2. The molecule has 0 aromatic heterocycles. The van der Waals surface area contributed by atoms with Gasteiger partial charge in [-0.05, 0) is 43.6 Å². The molecule has 112 valence electrons. The molecule has 0 heterocycles. The summed E-state index contributed by atoms with van der Waals surface area (Å²) in [5.74, 6) is -1.52. The molecular formula is C12H16FNO4S2. The Labute approximate surface area is 121 Å². The molecule has 1 aromatic carbocycles. The number of carbonyl (C=O) groups is 1. The number of nitrogens with one attached hydrogen (secondary N) is 1. The van der Waals surface area contributed by atoms with Crippen LogP contribution in [0.25, 0.3) is 0 Å². The third-order valence-corrected chi connectivity index (χ3v) is 4.83. The van der Waals surface area contributed by atoms with Crippen LogP contribution in [-0.4, -0.2) is 37.5 Å². The Kier molecular flexibility index (Phi) is 5.97. The maximum atomic E-state index is 13.6. The highest BCUT2D eigenvalue weighted by molar-refractivity contribution is 7.98. The number of hydrogen-bond donors (Lipinski definition) is 2. The molecule has 0 radical (unpaired) electrons. The third kappa shape index (κ3) is 4.46. The smallest absolute Gasteiger partial charge is 0.335 e. The van der Waals surface area contributed by atoms with E-state index in [9.17, 15) is 17.6 Å². The van der Waals surface area contributed by atoms with Crippen molar-refractivity contribution in [2.45, 2.75) is 24.3 Å². The minimum absolute atomic E-state index is 0.274. The predicted octanol–water partition coefficient (Wildman–Crippen LogP) is 1.94. The summed E-state index contributed by atoms with van der Waals surface area (Å²) in [5, 5.41) is 8.82. The lowest BCUT2D eigenvalue weighted by Crippen LogP contribution is -2.33. The van der Waals surface area contributed by atoms with Crippen molar-refractivity contribution < 1.29 is 22.7 Å². The second kappa shape index (κ2) is 7.05. The standard InChI is InChI=1S/C12H16FNO4S2/c1-8(5-6-19-2)14-20(17,18)11-7-9(12(15)16)3-4-10(11)13/h3-4,7-8,14H,5-6H2,1-2H3,(H,15,16). The molecule has 5 nitrogen and oxygen atoms in total. The fourth-order valence-electron chi connectivity index (χ4n) is 1.52. The monoisotopic (exact) mass is 321 g/mol. The molecule has 1 unspecified atom stereocenters.